The van der Waals surface area contributed by atoms with Gasteiger partial charge >= 0.3 is 0 Å². The Morgan fingerprint density at radius 1 is 0.509 bits per heavy atom. The molecule has 4 unspecified atom stereocenters. The van der Waals surface area contributed by atoms with Crippen LogP contribution in [-0.4, -0.2) is 59.4 Å². The van der Waals surface area contributed by atoms with Crippen LogP contribution in [0.3, 0.4) is 0 Å². The molecule has 288 valence electrons. The lowest BCUT2D eigenvalue weighted by Crippen LogP contribution is -2.27. The summed E-state index contributed by atoms with van der Waals surface area (Å²) < 4.78 is 53.6. The van der Waals surface area contributed by atoms with Crippen LogP contribution in [0.5, 0.6) is 0 Å². The summed E-state index contributed by atoms with van der Waals surface area (Å²) in [6, 6.07) is 50.6. The largest absolute Gasteiger partial charge is 0.356 e. The van der Waals surface area contributed by atoms with Crippen molar-refractivity contribution in [3.05, 3.63) is 185 Å². The molecule has 6 aromatic rings. The average molecular weight is 832 g/mol. The summed E-state index contributed by atoms with van der Waals surface area (Å²) >= 11 is 3.27. The zero-order valence-corrected chi connectivity index (χ0v) is 32.4. The molecule has 4 aliphatic rings. The SMILES string of the molecule is FC1(F)C2CN(c3cccc(Br)n3)CC21.FC1(F)C2CN(c3cccc(N=C(c4ccccc4)c4ccccc4)n3)CC21.N=C(c1ccccc1)c1ccccc1. The Morgan fingerprint density at radius 2 is 0.877 bits per heavy atom. The van der Waals surface area contributed by atoms with Gasteiger partial charge in [-0.05, 0) is 51.3 Å². The molecule has 2 saturated heterocycles. The van der Waals surface area contributed by atoms with Gasteiger partial charge in [-0.1, -0.05) is 133 Å². The lowest BCUT2D eigenvalue weighted by atomic mass is 10.0. The number of hydrogen-bond acceptors (Lipinski definition) is 6. The van der Waals surface area contributed by atoms with E-state index in [0.717, 1.165) is 38.4 Å². The van der Waals surface area contributed by atoms with E-state index >= 15 is 0 Å². The fraction of sp³-hybridized carbons (Fsp3) is 0.217. The van der Waals surface area contributed by atoms with Gasteiger partial charge in [0.15, 0.2) is 5.82 Å². The summed E-state index contributed by atoms with van der Waals surface area (Å²) in [5, 5.41) is 7.97. The van der Waals surface area contributed by atoms with Gasteiger partial charge in [0.1, 0.15) is 16.2 Å². The molecule has 4 heterocycles. The number of rotatable bonds is 7. The van der Waals surface area contributed by atoms with E-state index in [-0.39, 0.29) is 0 Å². The molecule has 4 fully saturated rings. The molecule has 2 saturated carbocycles. The van der Waals surface area contributed by atoms with Crippen LogP contribution in [0.4, 0.5) is 35.0 Å². The minimum absolute atomic E-state index is 0.363. The number of halogens is 5. The number of pyridine rings is 2. The second-order valence-electron chi connectivity index (χ2n) is 14.6. The summed E-state index contributed by atoms with van der Waals surface area (Å²) in [6.07, 6.45) is 0. The summed E-state index contributed by atoms with van der Waals surface area (Å²) in [7, 11) is 0. The quantitative estimate of drug-likeness (QED) is 0.0989. The number of fused-ring (bicyclic) bond motifs is 2. The normalized spacial score (nSPS) is 21.4. The molecule has 11 heteroatoms. The van der Waals surface area contributed by atoms with Crippen molar-refractivity contribution >= 4 is 44.8 Å². The predicted octanol–water partition coefficient (Wildman–Crippen LogP) is 10.6. The number of hydrogen-bond donors (Lipinski definition) is 1. The van der Waals surface area contributed by atoms with Crippen molar-refractivity contribution in [3.8, 4) is 0 Å². The molecule has 4 atom stereocenters. The van der Waals surface area contributed by atoms with Crippen molar-refractivity contribution in [2.45, 2.75) is 11.8 Å². The first-order valence-electron chi connectivity index (χ1n) is 18.8. The number of alkyl halides is 4. The van der Waals surface area contributed by atoms with Crippen molar-refractivity contribution in [3.63, 3.8) is 0 Å². The highest BCUT2D eigenvalue weighted by molar-refractivity contribution is 9.10. The molecule has 0 radical (unpaired) electrons. The molecule has 0 amide bonds. The smallest absolute Gasteiger partial charge is 0.258 e. The van der Waals surface area contributed by atoms with Crippen LogP contribution >= 0.6 is 15.9 Å². The van der Waals surface area contributed by atoms with E-state index in [9.17, 15) is 17.6 Å². The van der Waals surface area contributed by atoms with E-state index < -0.39 is 35.5 Å². The number of nitrogens with zero attached hydrogens (tertiary/aromatic N) is 5. The number of aromatic nitrogens is 2. The van der Waals surface area contributed by atoms with E-state index in [1.54, 1.807) is 0 Å². The molecule has 10 rings (SSSR count). The zero-order chi connectivity index (χ0) is 39.6. The Labute approximate surface area is 337 Å². The van der Waals surface area contributed by atoms with Gasteiger partial charge in [0.2, 0.25) is 0 Å². The van der Waals surface area contributed by atoms with Crippen molar-refractivity contribution in [1.82, 2.24) is 9.97 Å². The van der Waals surface area contributed by atoms with Crippen LogP contribution in [0.1, 0.15) is 22.3 Å². The Bertz CT molecular complexity index is 2240. The van der Waals surface area contributed by atoms with E-state index in [0.29, 0.717) is 43.5 Å². The third kappa shape index (κ3) is 8.39. The third-order valence-corrected chi connectivity index (χ3v) is 11.4. The first kappa shape index (κ1) is 38.2. The third-order valence-electron chi connectivity index (χ3n) is 10.9. The fourth-order valence-electron chi connectivity index (χ4n) is 7.59. The maximum absolute atomic E-state index is 13.5. The summed E-state index contributed by atoms with van der Waals surface area (Å²) in [5.74, 6) is -4.76. The van der Waals surface area contributed by atoms with Crippen molar-refractivity contribution in [2.75, 3.05) is 36.0 Å². The maximum Gasteiger partial charge on any atom is 0.258 e. The average Bonchev–Trinajstić information content (AvgIpc) is 3.67. The highest BCUT2D eigenvalue weighted by Gasteiger charge is 2.72. The van der Waals surface area contributed by atoms with Gasteiger partial charge in [-0.2, -0.15) is 0 Å². The second-order valence-corrected chi connectivity index (χ2v) is 15.4. The summed E-state index contributed by atoms with van der Waals surface area (Å²) in [5.41, 5.74) is 5.33. The summed E-state index contributed by atoms with van der Waals surface area (Å²) in [6.45, 7) is 1.59. The Morgan fingerprint density at radius 3 is 1.28 bits per heavy atom. The zero-order valence-electron chi connectivity index (χ0n) is 30.8. The van der Waals surface area contributed by atoms with Crippen LogP contribution in [-0.2, 0) is 0 Å². The molecule has 0 bridgehead atoms. The van der Waals surface area contributed by atoms with E-state index in [2.05, 4.69) is 25.9 Å². The molecule has 1 N–H and O–H groups in total. The van der Waals surface area contributed by atoms with Gasteiger partial charge < -0.3 is 9.80 Å². The first-order valence-corrected chi connectivity index (χ1v) is 19.6. The van der Waals surface area contributed by atoms with Crippen molar-refractivity contribution < 1.29 is 17.6 Å². The predicted molar refractivity (Wildman–Crippen MR) is 221 cm³/mol. The molecule has 2 aliphatic heterocycles. The van der Waals surface area contributed by atoms with Gasteiger partial charge in [-0.3, -0.25) is 5.41 Å². The Hall–Kier alpha value is -5.68. The molecule has 2 aromatic heterocycles. The van der Waals surface area contributed by atoms with E-state index in [1.807, 2.05) is 168 Å². The van der Waals surface area contributed by atoms with E-state index in [1.165, 1.54) is 0 Å². The van der Waals surface area contributed by atoms with Crippen LogP contribution in [0.25, 0.3) is 0 Å². The minimum Gasteiger partial charge on any atom is -0.356 e. The van der Waals surface area contributed by atoms with Crippen LogP contribution in [0.15, 0.2) is 167 Å². The molecule has 4 aromatic carbocycles. The van der Waals surface area contributed by atoms with Gasteiger partial charge in [-0.15, -0.1) is 0 Å². The number of piperidine rings is 2. The lowest BCUT2D eigenvalue weighted by Gasteiger charge is -2.20. The van der Waals surface area contributed by atoms with E-state index in [4.69, 9.17) is 10.4 Å². The topological polar surface area (TPSA) is 68.5 Å². The number of nitrogens with one attached hydrogen (secondary N) is 1. The van der Waals surface area contributed by atoms with Crippen LogP contribution in [0.2, 0.25) is 0 Å². The minimum atomic E-state index is -2.49. The standard InChI is InChI=1S/C23H19F2N3.C13H11N.C10H9BrF2N2/c24-23(25)18-14-28(15-19(18)23)21-13-7-12-20(26-21)27-22(16-8-3-1-4-9-16)17-10-5-2-6-11-17;14-13(11-7-3-1-4-8-11)12-9-5-2-6-10-12;11-8-2-1-3-9(14-8)15-4-6-7(5-15)10(6,12)13/h1-13,18-19H,14-15H2;1-10,14H;1-3,6-7H,4-5H2. The molecular formula is C46H39BrF4N6. The summed E-state index contributed by atoms with van der Waals surface area (Å²) in [4.78, 5) is 17.6. The van der Waals surface area contributed by atoms with Crippen molar-refractivity contribution in [1.29, 1.82) is 5.41 Å². The van der Waals surface area contributed by atoms with Gasteiger partial charge in [0.25, 0.3) is 11.8 Å². The van der Waals surface area contributed by atoms with Gasteiger partial charge in [0.05, 0.1) is 35.1 Å². The fourth-order valence-corrected chi connectivity index (χ4v) is 7.93. The molecule has 2 aliphatic carbocycles. The monoisotopic (exact) mass is 830 g/mol. The molecule has 6 nitrogen and oxygen atoms in total. The highest BCUT2D eigenvalue weighted by Crippen LogP contribution is 2.60. The van der Waals surface area contributed by atoms with Gasteiger partial charge in [0, 0.05) is 37.3 Å². The second kappa shape index (κ2) is 16.1. The molecule has 57 heavy (non-hydrogen) atoms. The van der Waals surface area contributed by atoms with Crippen molar-refractivity contribution in [2.24, 2.45) is 28.7 Å². The highest BCUT2D eigenvalue weighted by atomic mass is 79.9. The van der Waals surface area contributed by atoms with Crippen LogP contribution < -0.4 is 9.80 Å². The Kier molecular flexibility index (Phi) is 10.8. The molecule has 0 spiro atoms. The number of anilines is 2. The number of aliphatic imine (C=N–C) groups is 1. The number of benzene rings is 4. The Balaban J connectivity index is 0.000000132. The van der Waals surface area contributed by atoms with Crippen LogP contribution in [0, 0.1) is 29.1 Å². The molecular weight excluding hydrogens is 792 g/mol. The lowest BCUT2D eigenvalue weighted by molar-refractivity contribution is 0.0791. The first-order chi connectivity index (χ1) is 27.6. The maximum atomic E-state index is 13.5. The van der Waals surface area contributed by atoms with Gasteiger partial charge in [-0.25, -0.2) is 32.5 Å².